The van der Waals surface area contributed by atoms with Gasteiger partial charge in [-0.15, -0.1) is 5.10 Å². The fourth-order valence-electron chi connectivity index (χ4n) is 2.09. The van der Waals surface area contributed by atoms with Crippen LogP contribution in [0.15, 0.2) is 40.7 Å². The van der Waals surface area contributed by atoms with Crippen LogP contribution in [0.3, 0.4) is 0 Å². The minimum atomic E-state index is -1.02. The molecule has 3 rings (SSSR count). The molecule has 7 nitrogen and oxygen atoms in total. The molecule has 0 spiro atoms. The van der Waals surface area contributed by atoms with Gasteiger partial charge >= 0.3 is 5.97 Å². The molecule has 2 aromatic rings. The number of para-hydroxylation sites is 1. The van der Waals surface area contributed by atoms with E-state index in [1.165, 1.54) is 0 Å². The third kappa shape index (κ3) is 3.01. The Morgan fingerprint density at radius 3 is 3.05 bits per heavy atom. The lowest BCUT2D eigenvalue weighted by atomic mass is 10.2. The molecular formula is C14H12N4O3S. The summed E-state index contributed by atoms with van der Waals surface area (Å²) in [5, 5.41) is 19.8. The molecule has 1 unspecified atom stereocenters. The van der Waals surface area contributed by atoms with Crippen molar-refractivity contribution >= 4 is 45.9 Å². The van der Waals surface area contributed by atoms with Gasteiger partial charge in [-0.2, -0.15) is 5.10 Å². The zero-order valence-corrected chi connectivity index (χ0v) is 12.1. The van der Waals surface area contributed by atoms with Gasteiger partial charge in [0.1, 0.15) is 5.25 Å². The summed E-state index contributed by atoms with van der Waals surface area (Å²) in [5.41, 5.74) is 1.89. The number of hydrogen-bond donors (Lipinski definition) is 3. The van der Waals surface area contributed by atoms with E-state index in [1.807, 2.05) is 30.5 Å². The summed E-state index contributed by atoms with van der Waals surface area (Å²) < 4.78 is 0. The Hall–Kier alpha value is -2.61. The average Bonchev–Trinajstić information content (AvgIpc) is 3.04. The van der Waals surface area contributed by atoms with Crippen LogP contribution >= 0.6 is 11.8 Å². The van der Waals surface area contributed by atoms with Gasteiger partial charge in [-0.25, -0.2) is 0 Å². The first-order valence-corrected chi connectivity index (χ1v) is 7.38. The maximum Gasteiger partial charge on any atom is 0.305 e. The Bertz CT molecular complexity index is 796. The molecule has 22 heavy (non-hydrogen) atoms. The fraction of sp³-hybridized carbons (Fsp3) is 0.143. The van der Waals surface area contributed by atoms with E-state index in [9.17, 15) is 9.59 Å². The maximum absolute atomic E-state index is 11.6. The first-order valence-electron chi connectivity index (χ1n) is 6.50. The minimum Gasteiger partial charge on any atom is -0.481 e. The van der Waals surface area contributed by atoms with Crippen molar-refractivity contribution in [3.63, 3.8) is 0 Å². The van der Waals surface area contributed by atoms with Crippen LogP contribution in [0.2, 0.25) is 0 Å². The van der Waals surface area contributed by atoms with Crippen molar-refractivity contribution in [3.05, 3.63) is 36.0 Å². The molecule has 1 aliphatic heterocycles. The number of amides is 1. The SMILES string of the molecule is O=C(O)CC1S/C(=N/N=C/c2c[nH]c3ccccc23)NC1=O. The Kier molecular flexibility index (Phi) is 3.92. The van der Waals surface area contributed by atoms with Gasteiger partial charge in [-0.1, -0.05) is 30.0 Å². The number of benzene rings is 1. The van der Waals surface area contributed by atoms with E-state index in [1.54, 1.807) is 6.21 Å². The number of fused-ring (bicyclic) bond motifs is 1. The monoisotopic (exact) mass is 316 g/mol. The smallest absolute Gasteiger partial charge is 0.305 e. The Morgan fingerprint density at radius 1 is 1.41 bits per heavy atom. The molecule has 3 N–H and O–H groups in total. The van der Waals surface area contributed by atoms with Crippen molar-refractivity contribution in [3.8, 4) is 0 Å². The molecule has 1 fully saturated rings. The van der Waals surface area contributed by atoms with Crippen molar-refractivity contribution in [1.29, 1.82) is 0 Å². The molecule has 1 atom stereocenters. The maximum atomic E-state index is 11.6. The van der Waals surface area contributed by atoms with E-state index < -0.39 is 11.2 Å². The number of nitrogens with zero attached hydrogens (tertiary/aromatic N) is 2. The Labute approximate surface area is 129 Å². The Morgan fingerprint density at radius 2 is 2.23 bits per heavy atom. The van der Waals surface area contributed by atoms with Gasteiger partial charge in [0.25, 0.3) is 0 Å². The first kappa shape index (κ1) is 14.3. The second-order valence-electron chi connectivity index (χ2n) is 4.63. The van der Waals surface area contributed by atoms with Gasteiger partial charge in [0.15, 0.2) is 5.17 Å². The standard InChI is InChI=1S/C14H12N4O3S/c19-12(20)5-11-13(21)17-14(22-11)18-16-7-8-6-15-10-4-2-1-3-9(8)10/h1-4,6-7,11,15H,5H2,(H,19,20)(H,17,18,21)/b16-7+. The molecule has 0 bridgehead atoms. The van der Waals surface area contributed by atoms with Crippen LogP contribution in [-0.4, -0.2) is 38.6 Å². The van der Waals surface area contributed by atoms with Gasteiger partial charge in [-0.05, 0) is 6.07 Å². The number of carbonyl (C=O) groups is 2. The van der Waals surface area contributed by atoms with Crippen LogP contribution < -0.4 is 5.32 Å². The summed E-state index contributed by atoms with van der Waals surface area (Å²) >= 11 is 1.07. The van der Waals surface area contributed by atoms with Gasteiger partial charge < -0.3 is 15.4 Å². The molecule has 0 radical (unpaired) electrons. The number of carbonyl (C=O) groups excluding carboxylic acids is 1. The summed E-state index contributed by atoms with van der Waals surface area (Å²) in [6.07, 6.45) is 3.17. The molecule has 1 aromatic heterocycles. The van der Waals surface area contributed by atoms with E-state index in [0.29, 0.717) is 5.17 Å². The topological polar surface area (TPSA) is 107 Å². The van der Waals surface area contributed by atoms with Crippen LogP contribution in [0.5, 0.6) is 0 Å². The minimum absolute atomic E-state index is 0.234. The zero-order chi connectivity index (χ0) is 15.5. The summed E-state index contributed by atoms with van der Waals surface area (Å²) in [5.74, 6) is -1.37. The predicted molar refractivity (Wildman–Crippen MR) is 85.1 cm³/mol. The van der Waals surface area contributed by atoms with Gasteiger partial charge in [-0.3, -0.25) is 9.59 Å². The number of nitrogens with one attached hydrogen (secondary N) is 2. The average molecular weight is 316 g/mol. The van der Waals surface area contributed by atoms with E-state index in [4.69, 9.17) is 5.11 Å². The quantitative estimate of drug-likeness (QED) is 0.588. The van der Waals surface area contributed by atoms with Gasteiger partial charge in [0.05, 0.1) is 12.6 Å². The Balaban J connectivity index is 1.72. The lowest BCUT2D eigenvalue weighted by molar-refractivity contribution is -0.138. The van der Waals surface area contributed by atoms with Crippen LogP contribution in [0.25, 0.3) is 10.9 Å². The molecule has 0 saturated carbocycles. The van der Waals surface area contributed by atoms with Gasteiger partial charge in [0.2, 0.25) is 5.91 Å². The predicted octanol–water partition coefficient (Wildman–Crippen LogP) is 1.56. The number of hydrogen-bond acceptors (Lipinski definition) is 5. The number of aromatic nitrogens is 1. The summed E-state index contributed by atoms with van der Waals surface area (Å²) in [4.78, 5) is 25.3. The molecule has 1 aromatic carbocycles. The number of thioether (sulfide) groups is 1. The number of amidine groups is 1. The zero-order valence-electron chi connectivity index (χ0n) is 11.3. The highest BCUT2D eigenvalue weighted by Gasteiger charge is 2.32. The van der Waals surface area contributed by atoms with E-state index >= 15 is 0 Å². The lowest BCUT2D eigenvalue weighted by Crippen LogP contribution is -2.26. The van der Waals surface area contributed by atoms with Crippen LogP contribution in [0.4, 0.5) is 0 Å². The molecular weight excluding hydrogens is 304 g/mol. The molecule has 112 valence electrons. The van der Waals surface area contributed by atoms with Crippen LogP contribution in [-0.2, 0) is 9.59 Å². The highest BCUT2D eigenvalue weighted by Crippen LogP contribution is 2.22. The van der Waals surface area contributed by atoms with Crippen molar-refractivity contribution in [2.75, 3.05) is 0 Å². The summed E-state index contributed by atoms with van der Waals surface area (Å²) in [6.45, 7) is 0. The second-order valence-corrected chi connectivity index (χ2v) is 5.82. The number of aliphatic carboxylic acids is 1. The largest absolute Gasteiger partial charge is 0.481 e. The number of rotatable bonds is 4. The number of aromatic amines is 1. The number of H-pyrrole nitrogens is 1. The molecule has 0 aliphatic carbocycles. The van der Waals surface area contributed by atoms with E-state index in [0.717, 1.165) is 28.2 Å². The highest BCUT2D eigenvalue weighted by molar-refractivity contribution is 8.15. The number of carboxylic acids is 1. The number of carboxylic acid groups (broad SMARTS) is 1. The molecule has 1 amide bonds. The van der Waals surface area contributed by atoms with E-state index in [-0.39, 0.29) is 12.3 Å². The third-order valence-corrected chi connectivity index (χ3v) is 4.18. The van der Waals surface area contributed by atoms with Crippen molar-refractivity contribution in [2.24, 2.45) is 10.2 Å². The van der Waals surface area contributed by atoms with Gasteiger partial charge in [0, 0.05) is 22.7 Å². The van der Waals surface area contributed by atoms with E-state index in [2.05, 4.69) is 20.5 Å². The summed E-state index contributed by atoms with van der Waals surface area (Å²) in [7, 11) is 0. The normalized spacial score (nSPS) is 20.1. The lowest BCUT2D eigenvalue weighted by Gasteiger charge is -1.97. The van der Waals surface area contributed by atoms with Crippen molar-refractivity contribution < 1.29 is 14.7 Å². The molecule has 1 saturated heterocycles. The van der Waals surface area contributed by atoms with Crippen molar-refractivity contribution in [1.82, 2.24) is 10.3 Å². The molecule has 8 heteroatoms. The fourth-order valence-corrected chi connectivity index (χ4v) is 3.00. The van der Waals surface area contributed by atoms with Crippen LogP contribution in [0, 0.1) is 0 Å². The summed E-state index contributed by atoms with van der Waals surface area (Å²) in [6, 6.07) is 7.80. The molecule has 2 heterocycles. The van der Waals surface area contributed by atoms with Crippen molar-refractivity contribution in [2.45, 2.75) is 11.7 Å². The first-order chi connectivity index (χ1) is 10.6. The third-order valence-electron chi connectivity index (χ3n) is 3.10. The van der Waals surface area contributed by atoms with Crippen LogP contribution in [0.1, 0.15) is 12.0 Å². The highest BCUT2D eigenvalue weighted by atomic mass is 32.2. The molecule has 1 aliphatic rings. The second kappa shape index (κ2) is 6.02.